The molecule has 3 N–H and O–H groups in total. The van der Waals surface area contributed by atoms with Crippen molar-refractivity contribution in [3.05, 3.63) is 0 Å². The summed E-state index contributed by atoms with van der Waals surface area (Å²) in [6.07, 6.45) is 1.06. The first-order chi connectivity index (χ1) is 7.44. The van der Waals surface area contributed by atoms with Gasteiger partial charge in [0.2, 0.25) is 0 Å². The van der Waals surface area contributed by atoms with Crippen LogP contribution in [-0.4, -0.2) is 43.0 Å². The molecule has 1 amide bonds. The van der Waals surface area contributed by atoms with Crippen molar-refractivity contribution >= 4 is 6.09 Å². The zero-order chi connectivity index (χ0) is 12.2. The highest BCUT2D eigenvalue weighted by atomic mass is 16.5. The number of ether oxygens (including phenoxy) is 1. The molecule has 0 aliphatic carbocycles. The van der Waals surface area contributed by atoms with Crippen molar-refractivity contribution in [1.29, 1.82) is 0 Å². The topological polar surface area (TPSA) is 70.6 Å². The Balaban J connectivity index is 2.52. The van der Waals surface area contributed by atoms with Gasteiger partial charge in [0.1, 0.15) is 0 Å². The molecule has 0 radical (unpaired) electrons. The van der Waals surface area contributed by atoms with E-state index in [-0.39, 0.29) is 6.10 Å². The van der Waals surface area contributed by atoms with Crippen LogP contribution in [0.25, 0.3) is 0 Å². The summed E-state index contributed by atoms with van der Waals surface area (Å²) in [5.41, 5.74) is -0.398. The SMILES string of the molecule is CO[C@@H]1CNCC[C@H]1CC(C)(C)NC(=O)O. The molecule has 0 aromatic heterocycles. The molecule has 94 valence electrons. The quantitative estimate of drug-likeness (QED) is 0.675. The number of carboxylic acid groups (broad SMARTS) is 1. The van der Waals surface area contributed by atoms with Crippen LogP contribution in [0, 0.1) is 5.92 Å². The van der Waals surface area contributed by atoms with Crippen LogP contribution in [0.5, 0.6) is 0 Å². The first kappa shape index (κ1) is 13.3. The number of hydrogen-bond donors (Lipinski definition) is 3. The first-order valence-corrected chi connectivity index (χ1v) is 5.69. The van der Waals surface area contributed by atoms with Crippen molar-refractivity contribution in [1.82, 2.24) is 10.6 Å². The highest BCUT2D eigenvalue weighted by molar-refractivity contribution is 5.65. The van der Waals surface area contributed by atoms with E-state index < -0.39 is 11.6 Å². The predicted octanol–water partition coefficient (Wildman–Crippen LogP) is 1.05. The molecule has 5 nitrogen and oxygen atoms in total. The molecule has 1 aliphatic rings. The van der Waals surface area contributed by atoms with Crippen molar-refractivity contribution in [2.24, 2.45) is 5.92 Å². The second-order valence-corrected chi connectivity index (χ2v) is 5.05. The number of hydrogen-bond acceptors (Lipinski definition) is 3. The van der Waals surface area contributed by atoms with Gasteiger partial charge in [0.05, 0.1) is 6.10 Å². The maximum Gasteiger partial charge on any atom is 0.405 e. The van der Waals surface area contributed by atoms with Crippen molar-refractivity contribution in [2.75, 3.05) is 20.2 Å². The third-order valence-electron chi connectivity index (χ3n) is 3.08. The van der Waals surface area contributed by atoms with Crippen LogP contribution >= 0.6 is 0 Å². The van der Waals surface area contributed by atoms with Crippen LogP contribution in [0.4, 0.5) is 4.79 Å². The van der Waals surface area contributed by atoms with E-state index in [0.717, 1.165) is 25.9 Å². The molecule has 1 fully saturated rings. The van der Waals surface area contributed by atoms with E-state index in [2.05, 4.69) is 10.6 Å². The molecule has 0 saturated carbocycles. The van der Waals surface area contributed by atoms with E-state index >= 15 is 0 Å². The fraction of sp³-hybridized carbons (Fsp3) is 0.909. The molecule has 5 heteroatoms. The molecule has 1 heterocycles. The standard InChI is InChI=1S/C11H22N2O3/c1-11(2,13-10(14)15)6-8-4-5-12-7-9(8)16-3/h8-9,12-13H,4-7H2,1-3H3,(H,14,15)/t8-,9+/m0/s1. The van der Waals surface area contributed by atoms with E-state index in [1.807, 2.05) is 13.8 Å². The molecule has 0 spiro atoms. The molecule has 1 saturated heterocycles. The average Bonchev–Trinajstić information content (AvgIpc) is 2.15. The zero-order valence-electron chi connectivity index (χ0n) is 10.2. The summed E-state index contributed by atoms with van der Waals surface area (Å²) in [7, 11) is 1.71. The molecule has 1 aliphatic heterocycles. The third kappa shape index (κ3) is 3.98. The van der Waals surface area contributed by atoms with E-state index in [1.54, 1.807) is 7.11 Å². The van der Waals surface area contributed by atoms with Crippen LogP contribution in [-0.2, 0) is 4.74 Å². The van der Waals surface area contributed by atoms with Gasteiger partial charge in [-0.05, 0) is 39.2 Å². The largest absolute Gasteiger partial charge is 0.465 e. The van der Waals surface area contributed by atoms with E-state index in [4.69, 9.17) is 9.84 Å². The molecule has 0 bridgehead atoms. The second-order valence-electron chi connectivity index (χ2n) is 5.05. The lowest BCUT2D eigenvalue weighted by molar-refractivity contribution is 0.0208. The zero-order valence-corrected chi connectivity index (χ0v) is 10.2. The summed E-state index contributed by atoms with van der Waals surface area (Å²) in [5.74, 6) is 0.410. The number of rotatable bonds is 4. The van der Waals surface area contributed by atoms with Gasteiger partial charge >= 0.3 is 6.09 Å². The van der Waals surface area contributed by atoms with Gasteiger partial charge in [-0.15, -0.1) is 0 Å². The molecular weight excluding hydrogens is 208 g/mol. The van der Waals surface area contributed by atoms with Crippen molar-refractivity contribution in [3.8, 4) is 0 Å². The van der Waals surface area contributed by atoms with Crippen molar-refractivity contribution in [2.45, 2.75) is 38.3 Å². The molecule has 1 rings (SSSR count). The highest BCUT2D eigenvalue weighted by Gasteiger charge is 2.31. The van der Waals surface area contributed by atoms with Crippen LogP contribution in [0.15, 0.2) is 0 Å². The Morgan fingerprint density at radius 2 is 2.31 bits per heavy atom. The summed E-state index contributed by atoms with van der Waals surface area (Å²) in [4.78, 5) is 10.7. The van der Waals surface area contributed by atoms with Crippen LogP contribution < -0.4 is 10.6 Å². The second kappa shape index (κ2) is 5.50. The Bertz CT molecular complexity index is 243. The highest BCUT2D eigenvalue weighted by Crippen LogP contribution is 2.25. The van der Waals surface area contributed by atoms with Crippen molar-refractivity contribution < 1.29 is 14.6 Å². The van der Waals surface area contributed by atoms with E-state index in [9.17, 15) is 4.79 Å². The normalized spacial score (nSPS) is 26.4. The maximum atomic E-state index is 10.7. The Labute approximate surface area is 96.6 Å². The minimum absolute atomic E-state index is 0.184. The van der Waals surface area contributed by atoms with E-state index in [0.29, 0.717) is 5.92 Å². The minimum atomic E-state index is -0.965. The summed E-state index contributed by atoms with van der Waals surface area (Å²) in [5, 5.41) is 14.6. The van der Waals surface area contributed by atoms with Crippen molar-refractivity contribution in [3.63, 3.8) is 0 Å². The van der Waals surface area contributed by atoms with Gasteiger partial charge in [-0.3, -0.25) is 0 Å². The Hall–Kier alpha value is -0.810. The lowest BCUT2D eigenvalue weighted by Gasteiger charge is -2.36. The first-order valence-electron chi connectivity index (χ1n) is 5.69. The third-order valence-corrected chi connectivity index (χ3v) is 3.08. The average molecular weight is 230 g/mol. The minimum Gasteiger partial charge on any atom is -0.465 e. The van der Waals surface area contributed by atoms with Gasteiger partial charge in [0.15, 0.2) is 0 Å². The lowest BCUT2D eigenvalue weighted by Crippen LogP contribution is -2.49. The number of piperidine rings is 1. The van der Waals surface area contributed by atoms with E-state index in [1.165, 1.54) is 0 Å². The molecular formula is C11H22N2O3. The number of nitrogens with one attached hydrogen (secondary N) is 2. The number of amides is 1. The summed E-state index contributed by atoms with van der Waals surface area (Å²) in [6, 6.07) is 0. The number of carbonyl (C=O) groups is 1. The van der Waals surface area contributed by atoms with Gasteiger partial charge in [-0.1, -0.05) is 0 Å². The molecule has 0 aromatic carbocycles. The summed E-state index contributed by atoms with van der Waals surface area (Å²) >= 11 is 0. The fourth-order valence-electron chi connectivity index (χ4n) is 2.39. The molecule has 2 atom stereocenters. The smallest absolute Gasteiger partial charge is 0.405 e. The Kier molecular flexibility index (Phi) is 4.56. The van der Waals surface area contributed by atoms with Crippen LogP contribution in [0.1, 0.15) is 26.7 Å². The van der Waals surface area contributed by atoms with Gasteiger partial charge in [-0.2, -0.15) is 0 Å². The number of methoxy groups -OCH3 is 1. The fourth-order valence-corrected chi connectivity index (χ4v) is 2.39. The van der Waals surface area contributed by atoms with Crippen LogP contribution in [0.3, 0.4) is 0 Å². The maximum absolute atomic E-state index is 10.7. The Morgan fingerprint density at radius 1 is 1.62 bits per heavy atom. The Morgan fingerprint density at radius 3 is 2.88 bits per heavy atom. The molecule has 0 unspecified atom stereocenters. The van der Waals surface area contributed by atoms with Gasteiger partial charge in [0, 0.05) is 19.2 Å². The lowest BCUT2D eigenvalue weighted by atomic mass is 9.83. The van der Waals surface area contributed by atoms with Gasteiger partial charge in [-0.25, -0.2) is 4.79 Å². The van der Waals surface area contributed by atoms with Crippen LogP contribution in [0.2, 0.25) is 0 Å². The predicted molar refractivity (Wildman–Crippen MR) is 61.6 cm³/mol. The van der Waals surface area contributed by atoms with Gasteiger partial charge < -0.3 is 20.5 Å². The van der Waals surface area contributed by atoms with Gasteiger partial charge in [0.25, 0.3) is 0 Å². The molecule has 16 heavy (non-hydrogen) atoms. The molecule has 0 aromatic rings. The summed E-state index contributed by atoms with van der Waals surface area (Å²) < 4.78 is 5.42. The summed E-state index contributed by atoms with van der Waals surface area (Å²) in [6.45, 7) is 5.66. The monoisotopic (exact) mass is 230 g/mol.